The van der Waals surface area contributed by atoms with Gasteiger partial charge in [0.05, 0.1) is 11.3 Å². The zero-order valence-corrected chi connectivity index (χ0v) is 7.11. The molecule has 0 bridgehead atoms. The Hall–Kier alpha value is -2.04. The van der Waals surface area contributed by atoms with Crippen LogP contribution >= 0.6 is 0 Å². The van der Waals surface area contributed by atoms with E-state index in [1.165, 1.54) is 6.07 Å². The number of hydrogen-bond donors (Lipinski definition) is 2. The van der Waals surface area contributed by atoms with Gasteiger partial charge in [-0.05, 0) is 12.1 Å². The van der Waals surface area contributed by atoms with E-state index in [2.05, 4.69) is 10.1 Å². The van der Waals surface area contributed by atoms with E-state index in [-0.39, 0.29) is 12.2 Å². The fraction of sp³-hybridized carbons (Fsp3) is 0.111. The van der Waals surface area contributed by atoms with E-state index in [4.69, 9.17) is 5.11 Å². The molecule has 0 spiro atoms. The van der Waals surface area contributed by atoms with Crippen molar-refractivity contribution in [3.05, 3.63) is 29.3 Å². The number of amides is 1. The minimum atomic E-state index is -1.03. The first kappa shape index (κ1) is 8.55. The highest BCUT2D eigenvalue weighted by Gasteiger charge is 2.20. The van der Waals surface area contributed by atoms with Crippen LogP contribution in [0.4, 0.5) is 10.5 Å². The van der Waals surface area contributed by atoms with Crippen LogP contribution in [-0.2, 0) is 11.3 Å². The maximum atomic E-state index is 10.8. The van der Waals surface area contributed by atoms with E-state index < -0.39 is 12.1 Å². The molecule has 1 aliphatic rings. The molecule has 14 heavy (non-hydrogen) atoms. The Bertz CT molecular complexity index is 413. The Labute approximate surface area is 79.3 Å². The van der Waals surface area contributed by atoms with Gasteiger partial charge in [0, 0.05) is 5.56 Å². The number of rotatable bonds is 1. The second-order valence-electron chi connectivity index (χ2n) is 2.84. The largest absolute Gasteiger partial charge is 0.478 e. The highest BCUT2D eigenvalue weighted by Crippen LogP contribution is 2.24. The first-order valence-electron chi connectivity index (χ1n) is 3.97. The normalized spacial score (nSPS) is 13.9. The van der Waals surface area contributed by atoms with Crippen molar-refractivity contribution in [3.63, 3.8) is 0 Å². The standard InChI is InChI=1S/C9H7NO4/c11-8(12)5-2-1-3-7-6(5)4-14-9(13)10-7/h1-3H,4H2,(H,10,13)(H,11,12). The van der Waals surface area contributed by atoms with Gasteiger partial charge >= 0.3 is 12.1 Å². The summed E-state index contributed by atoms with van der Waals surface area (Å²) in [6.45, 7) is 0.00361. The van der Waals surface area contributed by atoms with Crippen LogP contribution in [0.1, 0.15) is 15.9 Å². The molecule has 0 atom stereocenters. The number of hydrogen-bond acceptors (Lipinski definition) is 3. The van der Waals surface area contributed by atoms with Crippen molar-refractivity contribution in [2.24, 2.45) is 0 Å². The molecule has 2 rings (SSSR count). The minimum absolute atomic E-state index is 0.00361. The number of carboxylic acid groups (broad SMARTS) is 1. The minimum Gasteiger partial charge on any atom is -0.478 e. The monoisotopic (exact) mass is 193 g/mol. The SMILES string of the molecule is O=C1Nc2cccc(C(=O)O)c2CO1. The first-order chi connectivity index (χ1) is 6.68. The van der Waals surface area contributed by atoms with E-state index in [1.807, 2.05) is 0 Å². The Morgan fingerprint density at radius 3 is 3.00 bits per heavy atom. The molecule has 0 fully saturated rings. The summed E-state index contributed by atoms with van der Waals surface area (Å²) < 4.78 is 4.68. The van der Waals surface area contributed by atoms with Crippen molar-refractivity contribution < 1.29 is 19.4 Å². The molecule has 72 valence electrons. The quantitative estimate of drug-likeness (QED) is 0.707. The second kappa shape index (κ2) is 3.02. The maximum Gasteiger partial charge on any atom is 0.411 e. The van der Waals surface area contributed by atoms with Gasteiger partial charge < -0.3 is 9.84 Å². The lowest BCUT2D eigenvalue weighted by molar-refractivity contribution is 0.0691. The zero-order chi connectivity index (χ0) is 10.1. The van der Waals surface area contributed by atoms with Crippen LogP contribution in [0.5, 0.6) is 0 Å². The van der Waals surface area contributed by atoms with Crippen LogP contribution in [0.3, 0.4) is 0 Å². The number of fused-ring (bicyclic) bond motifs is 1. The van der Waals surface area contributed by atoms with Gasteiger partial charge in [0.25, 0.3) is 0 Å². The number of carbonyl (C=O) groups is 2. The number of aromatic carboxylic acids is 1. The van der Waals surface area contributed by atoms with E-state index in [0.29, 0.717) is 11.3 Å². The average Bonchev–Trinajstić information content (AvgIpc) is 2.16. The summed E-state index contributed by atoms with van der Waals surface area (Å²) in [6, 6.07) is 4.69. The van der Waals surface area contributed by atoms with E-state index in [1.54, 1.807) is 12.1 Å². The maximum absolute atomic E-state index is 10.8. The van der Waals surface area contributed by atoms with Gasteiger partial charge in [-0.2, -0.15) is 0 Å². The second-order valence-corrected chi connectivity index (χ2v) is 2.84. The summed E-state index contributed by atoms with van der Waals surface area (Å²) >= 11 is 0. The summed E-state index contributed by atoms with van der Waals surface area (Å²) in [5.74, 6) is -1.03. The number of cyclic esters (lactones) is 1. The van der Waals surface area contributed by atoms with Crippen molar-refractivity contribution in [3.8, 4) is 0 Å². The van der Waals surface area contributed by atoms with Gasteiger partial charge in [0.1, 0.15) is 6.61 Å². The number of carbonyl (C=O) groups excluding carboxylic acids is 1. The van der Waals surface area contributed by atoms with Crippen molar-refractivity contribution in [2.75, 3.05) is 5.32 Å². The highest BCUT2D eigenvalue weighted by atomic mass is 16.5. The molecule has 2 N–H and O–H groups in total. The van der Waals surface area contributed by atoms with Gasteiger partial charge in [0.2, 0.25) is 0 Å². The molecule has 1 aromatic carbocycles. The van der Waals surface area contributed by atoms with Gasteiger partial charge in [0.15, 0.2) is 0 Å². The summed E-state index contributed by atoms with van der Waals surface area (Å²) in [5, 5.41) is 11.3. The molecule has 1 amide bonds. The average molecular weight is 193 g/mol. The third kappa shape index (κ3) is 1.28. The van der Waals surface area contributed by atoms with Crippen LogP contribution in [0.25, 0.3) is 0 Å². The van der Waals surface area contributed by atoms with Crippen molar-refractivity contribution in [1.29, 1.82) is 0 Å². The Balaban J connectivity index is 2.52. The third-order valence-electron chi connectivity index (χ3n) is 1.99. The third-order valence-corrected chi connectivity index (χ3v) is 1.99. The fourth-order valence-corrected chi connectivity index (χ4v) is 1.34. The Kier molecular flexibility index (Phi) is 1.85. The molecule has 1 aromatic rings. The number of benzene rings is 1. The lowest BCUT2D eigenvalue weighted by Gasteiger charge is -2.18. The highest BCUT2D eigenvalue weighted by molar-refractivity contribution is 5.95. The topological polar surface area (TPSA) is 75.6 Å². The van der Waals surface area contributed by atoms with Crippen LogP contribution in [-0.4, -0.2) is 17.2 Å². The van der Waals surface area contributed by atoms with E-state index >= 15 is 0 Å². The van der Waals surface area contributed by atoms with Gasteiger partial charge in [-0.15, -0.1) is 0 Å². The molecular weight excluding hydrogens is 186 g/mol. The molecule has 0 unspecified atom stereocenters. The number of carboxylic acids is 1. The molecule has 5 heteroatoms. The Morgan fingerprint density at radius 1 is 1.50 bits per heavy atom. The number of nitrogens with one attached hydrogen (secondary N) is 1. The van der Waals surface area contributed by atoms with Gasteiger partial charge in [-0.25, -0.2) is 9.59 Å². The van der Waals surface area contributed by atoms with Gasteiger partial charge in [-0.1, -0.05) is 6.07 Å². The van der Waals surface area contributed by atoms with Crippen LogP contribution in [0.15, 0.2) is 18.2 Å². The molecule has 0 radical (unpaired) electrons. The molecule has 0 aliphatic carbocycles. The molecule has 1 heterocycles. The predicted octanol–water partition coefficient (Wildman–Crippen LogP) is 1.45. The molecule has 5 nitrogen and oxygen atoms in total. The molecule has 0 aromatic heterocycles. The molecule has 0 saturated heterocycles. The van der Waals surface area contributed by atoms with Gasteiger partial charge in [-0.3, -0.25) is 5.32 Å². The first-order valence-corrected chi connectivity index (χ1v) is 3.97. The van der Waals surface area contributed by atoms with E-state index in [0.717, 1.165) is 0 Å². The van der Waals surface area contributed by atoms with E-state index in [9.17, 15) is 9.59 Å². The van der Waals surface area contributed by atoms with Crippen molar-refractivity contribution >= 4 is 17.7 Å². The summed E-state index contributed by atoms with van der Waals surface area (Å²) in [5.41, 5.74) is 1.16. The molecule has 0 saturated carbocycles. The lowest BCUT2D eigenvalue weighted by atomic mass is 10.1. The van der Waals surface area contributed by atoms with Crippen LogP contribution in [0.2, 0.25) is 0 Å². The number of anilines is 1. The summed E-state index contributed by atoms with van der Waals surface area (Å²) in [7, 11) is 0. The smallest absolute Gasteiger partial charge is 0.411 e. The molecular formula is C9H7NO4. The fourth-order valence-electron chi connectivity index (χ4n) is 1.34. The lowest BCUT2D eigenvalue weighted by Crippen LogP contribution is -2.22. The van der Waals surface area contributed by atoms with Crippen molar-refractivity contribution in [2.45, 2.75) is 6.61 Å². The summed E-state index contributed by atoms with van der Waals surface area (Å²) in [6.07, 6.45) is -0.556. The predicted molar refractivity (Wildman–Crippen MR) is 47.2 cm³/mol. The number of ether oxygens (including phenoxy) is 1. The molecule has 1 aliphatic heterocycles. The van der Waals surface area contributed by atoms with Crippen molar-refractivity contribution in [1.82, 2.24) is 0 Å². The Morgan fingerprint density at radius 2 is 2.29 bits per heavy atom. The summed E-state index contributed by atoms with van der Waals surface area (Å²) in [4.78, 5) is 21.6. The van der Waals surface area contributed by atoms with Crippen LogP contribution < -0.4 is 5.32 Å². The zero-order valence-electron chi connectivity index (χ0n) is 7.11. The van der Waals surface area contributed by atoms with Crippen LogP contribution in [0, 0.1) is 0 Å².